The molecule has 1 N–H and O–H groups in total. The maximum atomic E-state index is 12.8. The van der Waals surface area contributed by atoms with Gasteiger partial charge in [-0.1, -0.05) is 45.0 Å². The Morgan fingerprint density at radius 3 is 2.06 bits per heavy atom. The van der Waals surface area contributed by atoms with Crippen LogP contribution in [0.4, 0.5) is 11.4 Å². The lowest BCUT2D eigenvalue weighted by Gasteiger charge is -2.32. The molecule has 7 heteroatoms. The van der Waals surface area contributed by atoms with E-state index < -0.39 is 10.0 Å². The summed E-state index contributed by atoms with van der Waals surface area (Å²) in [4.78, 5) is 15.2. The summed E-state index contributed by atoms with van der Waals surface area (Å²) in [5, 5.41) is 2.94. The van der Waals surface area contributed by atoms with Gasteiger partial charge in [-0.15, -0.1) is 0 Å². The molecule has 1 saturated heterocycles. The molecule has 2 aromatic carbocycles. The zero-order chi connectivity index (χ0) is 24.2. The van der Waals surface area contributed by atoms with Crippen molar-refractivity contribution in [1.29, 1.82) is 0 Å². The van der Waals surface area contributed by atoms with Gasteiger partial charge in [0.05, 0.1) is 18.0 Å². The fraction of sp³-hybridized carbons (Fsp3) is 0.500. The Balaban J connectivity index is 1.64. The number of sulfonamides is 1. The average Bonchev–Trinajstić information content (AvgIpc) is 2.77. The van der Waals surface area contributed by atoms with Crippen LogP contribution in [0.3, 0.4) is 0 Å². The number of hydrogen-bond acceptors (Lipinski definition) is 4. The van der Waals surface area contributed by atoms with Crippen LogP contribution >= 0.6 is 0 Å². The van der Waals surface area contributed by atoms with Gasteiger partial charge in [0.2, 0.25) is 15.9 Å². The van der Waals surface area contributed by atoms with Crippen LogP contribution in [0.2, 0.25) is 0 Å². The van der Waals surface area contributed by atoms with Gasteiger partial charge in [-0.2, -0.15) is 0 Å². The van der Waals surface area contributed by atoms with E-state index >= 15 is 0 Å². The predicted octanol–water partition coefficient (Wildman–Crippen LogP) is 4.69. The Morgan fingerprint density at radius 2 is 1.55 bits per heavy atom. The van der Waals surface area contributed by atoms with Gasteiger partial charge in [-0.05, 0) is 67.0 Å². The molecule has 1 atom stereocenters. The highest BCUT2D eigenvalue weighted by Crippen LogP contribution is 2.25. The van der Waals surface area contributed by atoms with Crippen LogP contribution in [0.15, 0.2) is 48.5 Å². The van der Waals surface area contributed by atoms with Crippen molar-refractivity contribution in [3.63, 3.8) is 0 Å². The van der Waals surface area contributed by atoms with Gasteiger partial charge in [0.25, 0.3) is 0 Å². The zero-order valence-corrected chi connectivity index (χ0v) is 21.2. The minimum absolute atomic E-state index is 0.224. The number of benzene rings is 2. The standard InChI is InChI=1S/C26H37N3O3S/c1-19(2)22-6-12-25(13-7-22)29(33(5,31)32)18-26(30)27-21(4)23-8-10-24(11-9-23)28-16-14-20(3)15-17-28/h6-13,19-21H,14-18H2,1-5H3,(H,27,30). The van der Waals surface area contributed by atoms with E-state index in [4.69, 9.17) is 0 Å². The van der Waals surface area contributed by atoms with Crippen LogP contribution in [0.1, 0.15) is 63.6 Å². The quantitative estimate of drug-likeness (QED) is 0.606. The third-order valence-electron chi connectivity index (χ3n) is 6.45. The van der Waals surface area contributed by atoms with Crippen LogP contribution in [-0.2, 0) is 14.8 Å². The monoisotopic (exact) mass is 471 g/mol. The number of nitrogens with one attached hydrogen (secondary N) is 1. The van der Waals surface area contributed by atoms with Crippen LogP contribution in [-0.4, -0.2) is 40.2 Å². The Hall–Kier alpha value is -2.54. The highest BCUT2D eigenvalue weighted by atomic mass is 32.2. The van der Waals surface area contributed by atoms with Crippen LogP contribution in [0, 0.1) is 5.92 Å². The summed E-state index contributed by atoms with van der Waals surface area (Å²) in [5.41, 5.74) is 3.81. The second-order valence-corrected chi connectivity index (χ2v) is 11.5. The largest absolute Gasteiger partial charge is 0.372 e. The average molecular weight is 472 g/mol. The molecule has 2 aromatic rings. The van der Waals surface area contributed by atoms with Crippen molar-refractivity contribution in [2.45, 2.75) is 52.5 Å². The molecule has 33 heavy (non-hydrogen) atoms. The summed E-state index contributed by atoms with van der Waals surface area (Å²) >= 11 is 0. The fourth-order valence-corrected chi connectivity index (χ4v) is 5.02. The first-order valence-corrected chi connectivity index (χ1v) is 13.6. The lowest BCUT2D eigenvalue weighted by atomic mass is 9.98. The van der Waals surface area contributed by atoms with E-state index in [9.17, 15) is 13.2 Å². The first-order valence-electron chi connectivity index (χ1n) is 11.8. The zero-order valence-electron chi connectivity index (χ0n) is 20.4. The molecule has 1 fully saturated rings. The molecule has 1 amide bonds. The summed E-state index contributed by atoms with van der Waals surface area (Å²) in [6.45, 7) is 10.3. The van der Waals surface area contributed by atoms with Crippen molar-refractivity contribution >= 4 is 27.3 Å². The van der Waals surface area contributed by atoms with E-state index in [0.29, 0.717) is 11.6 Å². The van der Waals surface area contributed by atoms with Gasteiger partial charge in [0.15, 0.2) is 0 Å². The van der Waals surface area contributed by atoms with E-state index in [1.165, 1.54) is 18.5 Å². The summed E-state index contributed by atoms with van der Waals surface area (Å²) in [6, 6.07) is 15.4. The van der Waals surface area contributed by atoms with E-state index in [2.05, 4.69) is 43.1 Å². The summed E-state index contributed by atoms with van der Waals surface area (Å²) in [6.07, 6.45) is 3.55. The van der Waals surface area contributed by atoms with Gasteiger partial charge in [-0.25, -0.2) is 8.42 Å². The van der Waals surface area contributed by atoms with Crippen molar-refractivity contribution in [2.75, 3.05) is 35.1 Å². The number of rotatable bonds is 8. The molecule has 0 spiro atoms. The van der Waals surface area contributed by atoms with Gasteiger partial charge in [-0.3, -0.25) is 9.10 Å². The molecule has 0 aliphatic carbocycles. The Kier molecular flexibility index (Phi) is 8.05. The Labute approximate surface area is 199 Å². The highest BCUT2D eigenvalue weighted by Gasteiger charge is 2.22. The molecule has 1 aliphatic heterocycles. The number of hydrogen-bond donors (Lipinski definition) is 1. The number of carbonyl (C=O) groups excluding carboxylic acids is 1. The molecule has 180 valence electrons. The molecule has 1 aliphatic rings. The number of carbonyl (C=O) groups is 1. The Bertz CT molecular complexity index is 1030. The normalized spacial score (nSPS) is 16.0. The molecule has 0 saturated carbocycles. The minimum atomic E-state index is -3.60. The Morgan fingerprint density at radius 1 is 1.00 bits per heavy atom. The van der Waals surface area contributed by atoms with E-state index in [0.717, 1.165) is 40.7 Å². The van der Waals surface area contributed by atoms with Gasteiger partial charge in [0.1, 0.15) is 6.54 Å². The van der Waals surface area contributed by atoms with Crippen molar-refractivity contribution in [2.24, 2.45) is 5.92 Å². The number of anilines is 2. The maximum absolute atomic E-state index is 12.8. The van der Waals surface area contributed by atoms with Crippen molar-refractivity contribution < 1.29 is 13.2 Å². The predicted molar refractivity (Wildman–Crippen MR) is 136 cm³/mol. The molecule has 0 radical (unpaired) electrons. The van der Waals surface area contributed by atoms with Gasteiger partial charge >= 0.3 is 0 Å². The molecule has 1 heterocycles. The lowest BCUT2D eigenvalue weighted by molar-refractivity contribution is -0.120. The minimum Gasteiger partial charge on any atom is -0.372 e. The molecular formula is C26H37N3O3S. The maximum Gasteiger partial charge on any atom is 0.241 e. The van der Waals surface area contributed by atoms with Crippen molar-refractivity contribution in [3.8, 4) is 0 Å². The lowest BCUT2D eigenvalue weighted by Crippen LogP contribution is -2.41. The van der Waals surface area contributed by atoms with Crippen molar-refractivity contribution in [3.05, 3.63) is 59.7 Å². The molecular weight excluding hydrogens is 434 g/mol. The highest BCUT2D eigenvalue weighted by molar-refractivity contribution is 7.92. The van der Waals surface area contributed by atoms with E-state index in [1.807, 2.05) is 31.2 Å². The molecule has 0 aromatic heterocycles. The third kappa shape index (κ3) is 6.73. The molecule has 0 bridgehead atoms. The fourth-order valence-electron chi connectivity index (χ4n) is 4.17. The second kappa shape index (κ2) is 10.6. The number of nitrogens with zero attached hydrogens (tertiary/aromatic N) is 2. The van der Waals surface area contributed by atoms with Gasteiger partial charge < -0.3 is 10.2 Å². The molecule has 3 rings (SSSR count). The molecule has 1 unspecified atom stereocenters. The van der Waals surface area contributed by atoms with Crippen LogP contribution < -0.4 is 14.5 Å². The SMILES string of the molecule is CC1CCN(c2ccc(C(C)NC(=O)CN(c3ccc(C(C)C)cc3)S(C)(=O)=O)cc2)CC1. The summed E-state index contributed by atoms with van der Waals surface area (Å²) in [5.74, 6) is 0.796. The van der Waals surface area contributed by atoms with Crippen LogP contribution in [0.5, 0.6) is 0 Å². The number of piperidine rings is 1. The third-order valence-corrected chi connectivity index (χ3v) is 7.60. The van der Waals surface area contributed by atoms with Crippen molar-refractivity contribution in [1.82, 2.24) is 5.32 Å². The van der Waals surface area contributed by atoms with Gasteiger partial charge in [0, 0.05) is 18.8 Å². The van der Waals surface area contributed by atoms with Crippen LogP contribution in [0.25, 0.3) is 0 Å². The van der Waals surface area contributed by atoms with E-state index in [1.54, 1.807) is 12.1 Å². The smallest absolute Gasteiger partial charge is 0.241 e. The summed E-state index contributed by atoms with van der Waals surface area (Å²) in [7, 11) is -3.60. The molecule has 6 nitrogen and oxygen atoms in total. The first kappa shape index (κ1) is 25.1. The second-order valence-electron chi connectivity index (χ2n) is 9.57. The first-order chi connectivity index (χ1) is 15.5. The topological polar surface area (TPSA) is 69.7 Å². The summed E-state index contributed by atoms with van der Waals surface area (Å²) < 4.78 is 25.9. The van der Waals surface area contributed by atoms with E-state index in [-0.39, 0.29) is 18.5 Å². The number of amides is 1.